The Morgan fingerprint density at radius 3 is 2.41 bits per heavy atom. The van der Waals surface area contributed by atoms with Gasteiger partial charge in [0, 0.05) is 49.0 Å². The highest BCUT2D eigenvalue weighted by Gasteiger charge is 2.15. The van der Waals surface area contributed by atoms with E-state index in [-0.39, 0.29) is 0 Å². The standard InChI is InChI=1S/C21H23N5O2S/c1-2-19-20(24-21(15-23-19)25-3-7-27-8-4-25)12-16(1)17-11-18(14-22-13-17)29-26-5-9-28-10-6-26/h1-2,11-15H,3-10H2. The predicted molar refractivity (Wildman–Crippen MR) is 114 cm³/mol. The molecule has 7 nitrogen and oxygen atoms in total. The van der Waals surface area contributed by atoms with Crippen molar-refractivity contribution in [1.82, 2.24) is 19.3 Å². The molecule has 1 aromatic carbocycles. The van der Waals surface area contributed by atoms with E-state index in [1.54, 1.807) is 11.9 Å². The molecule has 3 aromatic rings. The molecule has 0 amide bonds. The summed E-state index contributed by atoms with van der Waals surface area (Å²) in [5.41, 5.74) is 3.99. The largest absolute Gasteiger partial charge is 0.379 e. The smallest absolute Gasteiger partial charge is 0.148 e. The van der Waals surface area contributed by atoms with E-state index in [1.165, 1.54) is 0 Å². The SMILES string of the molecule is c1ncc(-c2ccc3ncc(N4CCOCC4)nc3c2)cc1SN1CCOCC1. The van der Waals surface area contributed by atoms with Gasteiger partial charge in [-0.25, -0.2) is 9.29 Å². The van der Waals surface area contributed by atoms with E-state index in [0.717, 1.165) is 85.5 Å². The third-order valence-corrected chi connectivity index (χ3v) is 6.17. The Morgan fingerprint density at radius 2 is 1.59 bits per heavy atom. The summed E-state index contributed by atoms with van der Waals surface area (Å²) >= 11 is 1.74. The van der Waals surface area contributed by atoms with Crippen LogP contribution in [0, 0.1) is 0 Å². The third-order valence-electron chi connectivity index (χ3n) is 5.12. The molecule has 0 radical (unpaired) electrons. The Kier molecular flexibility index (Phi) is 5.58. The molecule has 4 heterocycles. The van der Waals surface area contributed by atoms with Crippen molar-refractivity contribution in [3.05, 3.63) is 42.9 Å². The van der Waals surface area contributed by atoms with Crippen LogP contribution < -0.4 is 4.90 Å². The van der Waals surface area contributed by atoms with Gasteiger partial charge in [0.15, 0.2) is 0 Å². The van der Waals surface area contributed by atoms with Crippen LogP contribution in [0.15, 0.2) is 47.8 Å². The van der Waals surface area contributed by atoms with E-state index < -0.39 is 0 Å². The fourth-order valence-electron chi connectivity index (χ4n) is 3.54. The Bertz CT molecular complexity index is 990. The minimum Gasteiger partial charge on any atom is -0.379 e. The molecule has 0 N–H and O–H groups in total. The quantitative estimate of drug-likeness (QED) is 0.610. The Labute approximate surface area is 174 Å². The fraction of sp³-hybridized carbons (Fsp3) is 0.381. The number of hydrogen-bond acceptors (Lipinski definition) is 8. The number of fused-ring (bicyclic) bond motifs is 1. The highest BCUT2D eigenvalue weighted by atomic mass is 32.2. The van der Waals surface area contributed by atoms with E-state index in [9.17, 15) is 0 Å². The minimum atomic E-state index is 0.735. The molecule has 2 aliphatic heterocycles. The van der Waals surface area contributed by atoms with Crippen LogP contribution in [-0.2, 0) is 9.47 Å². The highest BCUT2D eigenvalue weighted by molar-refractivity contribution is 7.97. The van der Waals surface area contributed by atoms with E-state index >= 15 is 0 Å². The van der Waals surface area contributed by atoms with Gasteiger partial charge in [-0.1, -0.05) is 6.07 Å². The van der Waals surface area contributed by atoms with Gasteiger partial charge in [0.05, 0.1) is 43.7 Å². The van der Waals surface area contributed by atoms with Crippen LogP contribution in [0.3, 0.4) is 0 Å². The average molecular weight is 410 g/mol. The Balaban J connectivity index is 1.41. The van der Waals surface area contributed by atoms with E-state index in [4.69, 9.17) is 14.5 Å². The fourth-order valence-corrected chi connectivity index (χ4v) is 4.46. The van der Waals surface area contributed by atoms with Gasteiger partial charge in [0.2, 0.25) is 0 Å². The lowest BCUT2D eigenvalue weighted by Gasteiger charge is -2.27. The topological polar surface area (TPSA) is 63.6 Å². The Morgan fingerprint density at radius 1 is 0.793 bits per heavy atom. The van der Waals surface area contributed by atoms with Crippen LogP contribution in [0.2, 0.25) is 0 Å². The first-order valence-electron chi connectivity index (χ1n) is 9.91. The van der Waals surface area contributed by atoms with Crippen molar-refractivity contribution in [1.29, 1.82) is 0 Å². The second kappa shape index (κ2) is 8.62. The summed E-state index contributed by atoms with van der Waals surface area (Å²) in [6.07, 6.45) is 5.68. The van der Waals surface area contributed by atoms with Crippen molar-refractivity contribution >= 4 is 28.8 Å². The number of anilines is 1. The molecule has 8 heteroatoms. The van der Waals surface area contributed by atoms with Crippen LogP contribution in [0.4, 0.5) is 5.82 Å². The maximum Gasteiger partial charge on any atom is 0.148 e. The lowest BCUT2D eigenvalue weighted by atomic mass is 10.1. The zero-order chi connectivity index (χ0) is 19.5. The first-order valence-corrected chi connectivity index (χ1v) is 10.7. The second-order valence-corrected chi connectivity index (χ2v) is 8.24. The van der Waals surface area contributed by atoms with Gasteiger partial charge in [-0.05, 0) is 35.7 Å². The molecular formula is C21H23N5O2S. The van der Waals surface area contributed by atoms with Gasteiger partial charge >= 0.3 is 0 Å². The lowest BCUT2D eigenvalue weighted by Crippen LogP contribution is -2.36. The van der Waals surface area contributed by atoms with E-state index in [2.05, 4.69) is 37.4 Å². The molecule has 0 aliphatic carbocycles. The molecule has 0 atom stereocenters. The van der Waals surface area contributed by atoms with Gasteiger partial charge < -0.3 is 14.4 Å². The van der Waals surface area contributed by atoms with Gasteiger partial charge in [0.1, 0.15) is 5.82 Å². The summed E-state index contributed by atoms with van der Waals surface area (Å²) in [4.78, 5) is 17.3. The molecule has 0 bridgehead atoms. The van der Waals surface area contributed by atoms with Crippen molar-refractivity contribution < 1.29 is 9.47 Å². The monoisotopic (exact) mass is 409 g/mol. The number of morpholine rings is 2. The van der Waals surface area contributed by atoms with Crippen LogP contribution in [0.25, 0.3) is 22.2 Å². The van der Waals surface area contributed by atoms with Gasteiger partial charge in [-0.2, -0.15) is 0 Å². The van der Waals surface area contributed by atoms with E-state index in [1.807, 2.05) is 24.7 Å². The highest BCUT2D eigenvalue weighted by Crippen LogP contribution is 2.29. The maximum atomic E-state index is 5.44. The summed E-state index contributed by atoms with van der Waals surface area (Å²) in [6, 6.07) is 8.41. The van der Waals surface area contributed by atoms with Gasteiger partial charge in [-0.15, -0.1) is 0 Å². The van der Waals surface area contributed by atoms with Gasteiger partial charge in [-0.3, -0.25) is 9.97 Å². The summed E-state index contributed by atoms with van der Waals surface area (Å²) < 4.78 is 13.2. The number of nitrogens with zero attached hydrogens (tertiary/aromatic N) is 5. The molecule has 0 unspecified atom stereocenters. The third kappa shape index (κ3) is 4.35. The van der Waals surface area contributed by atoms with Crippen molar-refractivity contribution in [2.45, 2.75) is 4.90 Å². The predicted octanol–water partition coefficient (Wildman–Crippen LogP) is 2.87. The average Bonchev–Trinajstić information content (AvgIpc) is 2.80. The molecule has 5 rings (SSSR count). The number of rotatable bonds is 4. The molecule has 0 spiro atoms. The molecule has 2 saturated heterocycles. The zero-order valence-corrected chi connectivity index (χ0v) is 17.0. The molecule has 29 heavy (non-hydrogen) atoms. The number of ether oxygens (including phenoxy) is 2. The van der Waals surface area contributed by atoms with Crippen LogP contribution >= 0.6 is 11.9 Å². The molecule has 150 valence electrons. The van der Waals surface area contributed by atoms with E-state index in [0.29, 0.717) is 0 Å². The number of hydrogen-bond donors (Lipinski definition) is 0. The summed E-state index contributed by atoms with van der Waals surface area (Å²) in [6.45, 7) is 6.62. The van der Waals surface area contributed by atoms with Crippen molar-refractivity contribution in [2.75, 3.05) is 57.5 Å². The zero-order valence-electron chi connectivity index (χ0n) is 16.2. The Hall–Kier alpha value is -2.26. The molecule has 2 fully saturated rings. The summed E-state index contributed by atoms with van der Waals surface area (Å²) in [7, 11) is 0. The van der Waals surface area contributed by atoms with Gasteiger partial charge in [0.25, 0.3) is 0 Å². The second-order valence-electron chi connectivity index (χ2n) is 7.07. The summed E-state index contributed by atoms with van der Waals surface area (Å²) in [5, 5.41) is 0. The minimum absolute atomic E-state index is 0.735. The number of benzene rings is 1. The molecule has 2 aromatic heterocycles. The summed E-state index contributed by atoms with van der Waals surface area (Å²) in [5.74, 6) is 0.910. The maximum absolute atomic E-state index is 5.44. The molecule has 0 saturated carbocycles. The first-order chi connectivity index (χ1) is 14.3. The lowest BCUT2D eigenvalue weighted by molar-refractivity contribution is 0.0773. The van der Waals surface area contributed by atoms with Crippen LogP contribution in [-0.4, -0.2) is 71.9 Å². The number of pyridine rings is 1. The number of aromatic nitrogens is 3. The van der Waals surface area contributed by atoms with Crippen molar-refractivity contribution in [3.8, 4) is 11.1 Å². The van der Waals surface area contributed by atoms with Crippen molar-refractivity contribution in [2.24, 2.45) is 0 Å². The first kappa shape index (κ1) is 18.7. The normalized spacial score (nSPS) is 18.3. The van der Waals surface area contributed by atoms with Crippen LogP contribution in [0.5, 0.6) is 0 Å². The molecule has 2 aliphatic rings. The van der Waals surface area contributed by atoms with Crippen LogP contribution in [0.1, 0.15) is 0 Å². The molecular weight excluding hydrogens is 386 g/mol. The van der Waals surface area contributed by atoms with Crippen molar-refractivity contribution in [3.63, 3.8) is 0 Å².